The smallest absolute Gasteiger partial charge is 0.0406 e. The Morgan fingerprint density at radius 2 is 1.70 bits per heavy atom. The highest BCUT2D eigenvalue weighted by molar-refractivity contribution is 6.30. The molecule has 3 heteroatoms. The maximum atomic E-state index is 5.97. The average Bonchev–Trinajstić information content (AvgIpc) is 2.76. The van der Waals surface area contributed by atoms with E-state index in [1.54, 1.807) is 0 Å². The number of hydrogen-bond acceptors (Lipinski definition) is 2. The lowest BCUT2D eigenvalue weighted by atomic mass is 9.83. The molecule has 1 aliphatic heterocycles. The second-order valence-corrected chi connectivity index (χ2v) is 6.48. The minimum atomic E-state index is 0.0751. The van der Waals surface area contributed by atoms with Crippen LogP contribution in [0.25, 0.3) is 0 Å². The van der Waals surface area contributed by atoms with E-state index in [0.717, 1.165) is 11.4 Å². The van der Waals surface area contributed by atoms with Crippen molar-refractivity contribution in [2.75, 3.05) is 0 Å². The van der Waals surface area contributed by atoms with Crippen LogP contribution in [0, 0.1) is 0 Å². The largest absolute Gasteiger partial charge is 0.304 e. The lowest BCUT2D eigenvalue weighted by Crippen LogP contribution is -2.37. The number of nitrogens with one attached hydrogen (secondary N) is 1. The molecule has 0 aliphatic carbocycles. The summed E-state index contributed by atoms with van der Waals surface area (Å²) < 4.78 is 0. The number of nitrogens with zero attached hydrogens (tertiary/aromatic N) is 1. The zero-order valence-electron chi connectivity index (χ0n) is 11.8. The third-order valence-electron chi connectivity index (χ3n) is 4.27. The Morgan fingerprint density at radius 1 is 1.05 bits per heavy atom. The van der Waals surface area contributed by atoms with Crippen LogP contribution in [-0.2, 0) is 0 Å². The molecule has 0 spiro atoms. The predicted octanol–water partition coefficient (Wildman–Crippen LogP) is 4.33. The summed E-state index contributed by atoms with van der Waals surface area (Å²) in [4.78, 5) is 4.12. The molecule has 0 saturated carbocycles. The molecule has 1 aromatic heterocycles. The van der Waals surface area contributed by atoms with Crippen molar-refractivity contribution in [1.82, 2.24) is 10.3 Å². The molecule has 20 heavy (non-hydrogen) atoms. The van der Waals surface area contributed by atoms with Gasteiger partial charge in [-0.1, -0.05) is 23.7 Å². The predicted molar refractivity (Wildman–Crippen MR) is 83.0 cm³/mol. The molecule has 2 aromatic rings. The van der Waals surface area contributed by atoms with Crippen molar-refractivity contribution in [3.8, 4) is 0 Å². The fourth-order valence-corrected chi connectivity index (χ4v) is 3.33. The first kappa shape index (κ1) is 13.6. The summed E-state index contributed by atoms with van der Waals surface area (Å²) in [6.45, 7) is 4.54. The molecular formula is C17H19ClN2. The van der Waals surface area contributed by atoms with Crippen molar-refractivity contribution in [3.05, 3.63) is 64.9 Å². The van der Waals surface area contributed by atoms with Crippen LogP contribution in [0.3, 0.4) is 0 Å². The average molecular weight is 287 g/mol. The monoisotopic (exact) mass is 286 g/mol. The van der Waals surface area contributed by atoms with Gasteiger partial charge in [0.2, 0.25) is 0 Å². The Morgan fingerprint density at radius 3 is 2.35 bits per heavy atom. The van der Waals surface area contributed by atoms with Gasteiger partial charge in [0.25, 0.3) is 0 Å². The van der Waals surface area contributed by atoms with Crippen molar-refractivity contribution < 1.29 is 0 Å². The van der Waals surface area contributed by atoms with Gasteiger partial charge in [0.15, 0.2) is 0 Å². The van der Waals surface area contributed by atoms with Crippen LogP contribution in [0.1, 0.15) is 43.4 Å². The van der Waals surface area contributed by atoms with Crippen LogP contribution in [0.4, 0.5) is 0 Å². The van der Waals surface area contributed by atoms with Crippen molar-refractivity contribution in [3.63, 3.8) is 0 Å². The quantitative estimate of drug-likeness (QED) is 0.889. The highest BCUT2D eigenvalue weighted by atomic mass is 35.5. The van der Waals surface area contributed by atoms with Gasteiger partial charge in [0, 0.05) is 34.9 Å². The molecule has 104 valence electrons. The van der Waals surface area contributed by atoms with E-state index in [4.69, 9.17) is 11.6 Å². The van der Waals surface area contributed by atoms with E-state index >= 15 is 0 Å². The molecule has 1 fully saturated rings. The number of benzene rings is 1. The Labute approximate surface area is 125 Å². The first-order chi connectivity index (χ1) is 9.56. The lowest BCUT2D eigenvalue weighted by Gasteiger charge is -2.27. The van der Waals surface area contributed by atoms with Gasteiger partial charge in [-0.2, -0.15) is 0 Å². The van der Waals surface area contributed by atoms with E-state index in [-0.39, 0.29) is 5.54 Å². The maximum absolute atomic E-state index is 5.97. The third kappa shape index (κ3) is 2.58. The number of pyridine rings is 1. The van der Waals surface area contributed by atoms with Crippen LogP contribution in [0.5, 0.6) is 0 Å². The van der Waals surface area contributed by atoms with Gasteiger partial charge < -0.3 is 5.32 Å². The summed E-state index contributed by atoms with van der Waals surface area (Å²) in [7, 11) is 0. The summed E-state index contributed by atoms with van der Waals surface area (Å²) in [5.41, 5.74) is 2.74. The van der Waals surface area contributed by atoms with Gasteiger partial charge in [0.1, 0.15) is 0 Å². The Kier molecular flexibility index (Phi) is 3.53. The molecule has 3 rings (SSSR count). The minimum Gasteiger partial charge on any atom is -0.304 e. The number of aromatic nitrogens is 1. The number of hydrogen-bond donors (Lipinski definition) is 1. The molecule has 0 bridgehead atoms. The first-order valence-electron chi connectivity index (χ1n) is 6.99. The highest BCUT2D eigenvalue weighted by Gasteiger charge is 2.40. The van der Waals surface area contributed by atoms with E-state index in [9.17, 15) is 0 Å². The van der Waals surface area contributed by atoms with Crippen LogP contribution in [-0.4, -0.2) is 10.5 Å². The third-order valence-corrected chi connectivity index (χ3v) is 4.52. The Balaban J connectivity index is 1.87. The molecule has 1 aromatic carbocycles. The zero-order chi connectivity index (χ0) is 14.2. The number of rotatable bonds is 2. The lowest BCUT2D eigenvalue weighted by molar-refractivity contribution is 0.397. The second kappa shape index (κ2) is 5.19. The summed E-state index contributed by atoms with van der Waals surface area (Å²) in [6, 6.07) is 12.8. The van der Waals surface area contributed by atoms with Crippen molar-refractivity contribution in [2.45, 2.75) is 37.8 Å². The summed E-state index contributed by atoms with van der Waals surface area (Å²) in [5.74, 6) is 0.492. The van der Waals surface area contributed by atoms with E-state index < -0.39 is 0 Å². The van der Waals surface area contributed by atoms with Crippen LogP contribution in [0.2, 0.25) is 5.02 Å². The van der Waals surface area contributed by atoms with Gasteiger partial charge >= 0.3 is 0 Å². The van der Waals surface area contributed by atoms with Crippen LogP contribution < -0.4 is 5.32 Å². The minimum absolute atomic E-state index is 0.0751. The first-order valence-corrected chi connectivity index (χ1v) is 7.37. The number of halogens is 1. The van der Waals surface area contributed by atoms with Crippen molar-refractivity contribution in [1.29, 1.82) is 0 Å². The molecule has 0 radical (unpaired) electrons. The summed E-state index contributed by atoms with van der Waals surface area (Å²) >= 11 is 5.97. The van der Waals surface area contributed by atoms with Gasteiger partial charge in [-0.25, -0.2) is 0 Å². The maximum Gasteiger partial charge on any atom is 0.0406 e. The van der Waals surface area contributed by atoms with Crippen LogP contribution >= 0.6 is 11.6 Å². The van der Waals surface area contributed by atoms with Gasteiger partial charge in [-0.05, 0) is 55.7 Å². The molecule has 2 atom stereocenters. The van der Waals surface area contributed by atoms with Gasteiger partial charge in [0.05, 0.1) is 0 Å². The molecule has 1 N–H and O–H groups in total. The second-order valence-electron chi connectivity index (χ2n) is 6.04. The normalized spacial score (nSPS) is 24.8. The van der Waals surface area contributed by atoms with E-state index in [1.807, 2.05) is 24.5 Å². The molecular weight excluding hydrogens is 268 g/mol. The molecule has 1 aliphatic rings. The molecule has 1 saturated heterocycles. The van der Waals surface area contributed by atoms with Gasteiger partial charge in [-0.3, -0.25) is 4.98 Å². The van der Waals surface area contributed by atoms with E-state index in [2.05, 4.69) is 48.4 Å². The fraction of sp³-hybridized carbons (Fsp3) is 0.353. The summed E-state index contributed by atoms with van der Waals surface area (Å²) in [6.07, 6.45) is 4.85. The molecule has 2 nitrogen and oxygen atoms in total. The highest BCUT2D eigenvalue weighted by Crippen LogP contribution is 2.43. The van der Waals surface area contributed by atoms with E-state index in [1.165, 1.54) is 11.1 Å². The fourth-order valence-electron chi connectivity index (χ4n) is 3.20. The Hall–Kier alpha value is -1.38. The molecule has 2 heterocycles. The SMILES string of the molecule is CC1(C)N[C@H](c2ccc(Cl)cc2)C[C@@H]1c1ccncc1. The zero-order valence-corrected chi connectivity index (χ0v) is 12.6. The van der Waals surface area contributed by atoms with Crippen LogP contribution in [0.15, 0.2) is 48.8 Å². The van der Waals surface area contributed by atoms with Gasteiger partial charge in [-0.15, -0.1) is 0 Å². The molecule has 0 amide bonds. The topological polar surface area (TPSA) is 24.9 Å². The van der Waals surface area contributed by atoms with E-state index in [0.29, 0.717) is 12.0 Å². The van der Waals surface area contributed by atoms with Crippen molar-refractivity contribution >= 4 is 11.6 Å². The molecule has 0 unspecified atom stereocenters. The van der Waals surface area contributed by atoms with Crippen molar-refractivity contribution in [2.24, 2.45) is 0 Å². The Bertz CT molecular complexity index is 578. The standard InChI is InChI=1S/C17H19ClN2/c1-17(2)15(12-7-9-19-10-8-12)11-16(20-17)13-3-5-14(18)6-4-13/h3-10,15-16,20H,11H2,1-2H3/t15-,16+/m1/s1. The summed E-state index contributed by atoms with van der Waals surface area (Å²) in [5, 5.41) is 4.54.